The summed E-state index contributed by atoms with van der Waals surface area (Å²) in [6, 6.07) is 5.49. The Morgan fingerprint density at radius 1 is 1.24 bits per heavy atom. The summed E-state index contributed by atoms with van der Waals surface area (Å²) in [5, 5.41) is 0. The highest BCUT2D eigenvalue weighted by molar-refractivity contribution is 9.10. The standard InChI is InChI=1S/C13H9BrF2N4O/c14-10-3-1-2-8(19-10)9-4-17-12-5-18-13(6-20(9)12)21-7-11(15)16/h1-6,11H,7H2. The van der Waals surface area contributed by atoms with Crippen molar-refractivity contribution in [1.82, 2.24) is 19.4 Å². The third-order valence-corrected chi connectivity index (χ3v) is 3.15. The predicted molar refractivity (Wildman–Crippen MR) is 75.4 cm³/mol. The maximum Gasteiger partial charge on any atom is 0.272 e. The fraction of sp³-hybridized carbons (Fsp3) is 0.154. The van der Waals surface area contributed by atoms with Crippen LogP contribution in [0.3, 0.4) is 0 Å². The van der Waals surface area contributed by atoms with Crippen molar-refractivity contribution < 1.29 is 13.5 Å². The molecule has 0 aliphatic carbocycles. The molecule has 3 aromatic rings. The number of alkyl halides is 2. The number of nitrogens with zero attached hydrogens (tertiary/aromatic N) is 4. The molecule has 3 heterocycles. The van der Waals surface area contributed by atoms with Gasteiger partial charge in [0.25, 0.3) is 6.43 Å². The van der Waals surface area contributed by atoms with Crippen molar-refractivity contribution in [3.05, 3.63) is 41.4 Å². The van der Waals surface area contributed by atoms with E-state index in [0.717, 1.165) is 5.69 Å². The Morgan fingerprint density at radius 2 is 2.10 bits per heavy atom. The molecule has 0 aromatic carbocycles. The van der Waals surface area contributed by atoms with Crippen molar-refractivity contribution in [2.45, 2.75) is 6.43 Å². The van der Waals surface area contributed by atoms with Gasteiger partial charge in [0, 0.05) is 0 Å². The van der Waals surface area contributed by atoms with Crippen molar-refractivity contribution in [2.24, 2.45) is 0 Å². The van der Waals surface area contributed by atoms with Gasteiger partial charge >= 0.3 is 0 Å². The van der Waals surface area contributed by atoms with Gasteiger partial charge in [-0.3, -0.25) is 4.40 Å². The summed E-state index contributed by atoms with van der Waals surface area (Å²) in [6.45, 7) is -0.697. The largest absolute Gasteiger partial charge is 0.471 e. The fourth-order valence-electron chi connectivity index (χ4n) is 1.83. The van der Waals surface area contributed by atoms with E-state index in [1.807, 2.05) is 18.2 Å². The van der Waals surface area contributed by atoms with E-state index in [2.05, 4.69) is 30.9 Å². The summed E-state index contributed by atoms with van der Waals surface area (Å²) in [4.78, 5) is 12.5. The topological polar surface area (TPSA) is 52.3 Å². The molecule has 0 aliphatic heterocycles. The zero-order chi connectivity index (χ0) is 14.8. The van der Waals surface area contributed by atoms with Gasteiger partial charge in [0.05, 0.1) is 30.0 Å². The van der Waals surface area contributed by atoms with E-state index < -0.39 is 13.0 Å². The van der Waals surface area contributed by atoms with Crippen LogP contribution in [0.2, 0.25) is 0 Å². The molecule has 3 rings (SSSR count). The van der Waals surface area contributed by atoms with Gasteiger partial charge in [-0.1, -0.05) is 6.07 Å². The van der Waals surface area contributed by atoms with Crippen LogP contribution in [-0.2, 0) is 0 Å². The van der Waals surface area contributed by atoms with Crippen LogP contribution in [0.15, 0.2) is 41.4 Å². The van der Waals surface area contributed by atoms with Crippen LogP contribution in [-0.4, -0.2) is 32.4 Å². The maximum atomic E-state index is 12.2. The van der Waals surface area contributed by atoms with Crippen LogP contribution >= 0.6 is 15.9 Å². The molecule has 0 bridgehead atoms. The number of ether oxygens (including phenoxy) is 1. The molecule has 8 heteroatoms. The zero-order valence-corrected chi connectivity index (χ0v) is 12.2. The molecule has 0 fully saturated rings. The smallest absolute Gasteiger partial charge is 0.272 e. The lowest BCUT2D eigenvalue weighted by Crippen LogP contribution is -2.08. The average molecular weight is 355 g/mol. The average Bonchev–Trinajstić information content (AvgIpc) is 2.88. The molecule has 0 amide bonds. The van der Waals surface area contributed by atoms with Crippen LogP contribution in [0.5, 0.6) is 5.88 Å². The highest BCUT2D eigenvalue weighted by Crippen LogP contribution is 2.22. The van der Waals surface area contributed by atoms with E-state index in [-0.39, 0.29) is 5.88 Å². The highest BCUT2D eigenvalue weighted by atomic mass is 79.9. The minimum absolute atomic E-state index is 0.108. The third kappa shape index (κ3) is 2.99. The second-order valence-electron chi connectivity index (χ2n) is 4.14. The Labute approximate surface area is 126 Å². The number of hydrogen-bond acceptors (Lipinski definition) is 4. The summed E-state index contributed by atoms with van der Waals surface area (Å²) in [5.41, 5.74) is 2.00. The summed E-state index contributed by atoms with van der Waals surface area (Å²) >= 11 is 3.31. The quantitative estimate of drug-likeness (QED) is 0.675. The first-order chi connectivity index (χ1) is 10.1. The van der Waals surface area contributed by atoms with Crippen LogP contribution in [0.1, 0.15) is 0 Å². The van der Waals surface area contributed by atoms with Gasteiger partial charge in [0.1, 0.15) is 4.60 Å². The van der Waals surface area contributed by atoms with Crippen molar-refractivity contribution in [1.29, 1.82) is 0 Å². The first-order valence-electron chi connectivity index (χ1n) is 6.00. The Kier molecular flexibility index (Phi) is 3.78. The Morgan fingerprint density at radius 3 is 2.86 bits per heavy atom. The molecule has 0 spiro atoms. The van der Waals surface area contributed by atoms with E-state index in [1.54, 1.807) is 10.6 Å². The third-order valence-electron chi connectivity index (χ3n) is 2.71. The minimum Gasteiger partial charge on any atom is -0.471 e. The summed E-state index contributed by atoms with van der Waals surface area (Å²) in [7, 11) is 0. The SMILES string of the molecule is FC(F)COc1cn2c(-c3cccc(Br)n3)cnc2cn1. The molecule has 0 saturated heterocycles. The fourth-order valence-corrected chi connectivity index (χ4v) is 2.18. The number of pyridine rings is 1. The molecule has 3 aromatic heterocycles. The molecule has 0 atom stereocenters. The van der Waals surface area contributed by atoms with Crippen molar-refractivity contribution >= 4 is 21.6 Å². The minimum atomic E-state index is -2.54. The molecule has 0 N–H and O–H groups in total. The second-order valence-corrected chi connectivity index (χ2v) is 4.96. The van der Waals surface area contributed by atoms with Gasteiger partial charge in [-0.05, 0) is 28.1 Å². The van der Waals surface area contributed by atoms with Crippen LogP contribution in [0.25, 0.3) is 17.0 Å². The molecule has 108 valence electrons. The Balaban J connectivity index is 2.01. The van der Waals surface area contributed by atoms with Crippen LogP contribution < -0.4 is 4.74 Å². The summed E-state index contributed by atoms with van der Waals surface area (Å²) in [5.74, 6) is 0.108. The zero-order valence-electron chi connectivity index (χ0n) is 10.6. The van der Waals surface area contributed by atoms with Gasteiger partial charge in [-0.2, -0.15) is 0 Å². The van der Waals surface area contributed by atoms with Gasteiger partial charge in [0.2, 0.25) is 5.88 Å². The predicted octanol–water partition coefficient (Wildman–Crippen LogP) is 3.20. The summed E-state index contributed by atoms with van der Waals surface area (Å²) in [6.07, 6.45) is 2.07. The van der Waals surface area contributed by atoms with Gasteiger partial charge < -0.3 is 4.74 Å². The van der Waals surface area contributed by atoms with E-state index in [9.17, 15) is 8.78 Å². The Hall–Kier alpha value is -2.09. The molecule has 0 radical (unpaired) electrons. The molecular weight excluding hydrogens is 346 g/mol. The van der Waals surface area contributed by atoms with Crippen molar-refractivity contribution in [2.75, 3.05) is 6.61 Å². The first-order valence-corrected chi connectivity index (χ1v) is 6.80. The molecule has 5 nitrogen and oxygen atoms in total. The van der Waals surface area contributed by atoms with Gasteiger partial charge in [-0.15, -0.1) is 0 Å². The second kappa shape index (κ2) is 5.72. The van der Waals surface area contributed by atoms with E-state index in [1.165, 1.54) is 12.4 Å². The number of aromatic nitrogens is 4. The number of rotatable bonds is 4. The normalized spacial score (nSPS) is 11.2. The lowest BCUT2D eigenvalue weighted by molar-refractivity contribution is 0.0793. The Bertz CT molecular complexity index is 778. The highest BCUT2D eigenvalue weighted by Gasteiger charge is 2.10. The molecular formula is C13H9BrF2N4O. The lowest BCUT2D eigenvalue weighted by atomic mass is 10.3. The van der Waals surface area contributed by atoms with Gasteiger partial charge in [-0.25, -0.2) is 23.7 Å². The van der Waals surface area contributed by atoms with Gasteiger partial charge in [0.15, 0.2) is 12.3 Å². The summed E-state index contributed by atoms with van der Waals surface area (Å²) < 4.78 is 31.7. The van der Waals surface area contributed by atoms with Crippen molar-refractivity contribution in [3.63, 3.8) is 0 Å². The number of imidazole rings is 1. The van der Waals surface area contributed by atoms with Crippen LogP contribution in [0.4, 0.5) is 8.78 Å². The van der Waals surface area contributed by atoms with Crippen molar-refractivity contribution in [3.8, 4) is 17.3 Å². The molecule has 21 heavy (non-hydrogen) atoms. The number of hydrogen-bond donors (Lipinski definition) is 0. The van der Waals surface area contributed by atoms with E-state index in [4.69, 9.17) is 4.74 Å². The van der Waals surface area contributed by atoms with E-state index >= 15 is 0 Å². The number of fused-ring (bicyclic) bond motifs is 1. The van der Waals surface area contributed by atoms with E-state index in [0.29, 0.717) is 15.9 Å². The number of halogens is 3. The lowest BCUT2D eigenvalue weighted by Gasteiger charge is -2.06. The molecule has 0 aliphatic rings. The van der Waals surface area contributed by atoms with Crippen LogP contribution in [0, 0.1) is 0 Å². The monoisotopic (exact) mass is 354 g/mol. The maximum absolute atomic E-state index is 12.2. The molecule has 0 saturated carbocycles. The first kappa shape index (κ1) is 13.9. The molecule has 0 unspecified atom stereocenters.